The van der Waals surface area contributed by atoms with Gasteiger partial charge in [0.15, 0.2) is 0 Å². The average Bonchev–Trinajstić information content (AvgIpc) is 2.55. The molecule has 0 bridgehead atoms. The summed E-state index contributed by atoms with van der Waals surface area (Å²) < 4.78 is 5.79. The Hall–Kier alpha value is -1.06. The van der Waals surface area contributed by atoms with Gasteiger partial charge in [-0.15, -0.1) is 0 Å². The van der Waals surface area contributed by atoms with Gasteiger partial charge in [-0.2, -0.15) is 0 Å². The minimum absolute atomic E-state index is 0.630. The van der Waals surface area contributed by atoms with Crippen LogP contribution < -0.4 is 10.1 Å². The Kier molecular flexibility index (Phi) is 4.81. The smallest absolute Gasteiger partial charge is 0.122 e. The number of hydrogen-bond acceptors (Lipinski definition) is 3. The molecule has 1 N–H and O–H groups in total. The fraction of sp³-hybridized carbons (Fsp3) is 0.667. The third kappa shape index (κ3) is 3.41. The first kappa shape index (κ1) is 14.9. The Morgan fingerprint density at radius 3 is 3.10 bits per heavy atom. The molecular formula is C18H28N2O. The highest BCUT2D eigenvalue weighted by Crippen LogP contribution is 2.34. The normalized spacial score (nSPS) is 27.7. The fourth-order valence-corrected chi connectivity index (χ4v) is 3.59. The summed E-state index contributed by atoms with van der Waals surface area (Å²) >= 11 is 0. The lowest BCUT2D eigenvalue weighted by atomic mass is 9.91. The third-order valence-electron chi connectivity index (χ3n) is 5.18. The maximum absolute atomic E-state index is 5.79. The summed E-state index contributed by atoms with van der Waals surface area (Å²) in [5.41, 5.74) is 1.40. The number of nitrogens with zero attached hydrogens (tertiary/aromatic N) is 1. The van der Waals surface area contributed by atoms with Crippen LogP contribution in [0.1, 0.15) is 38.2 Å². The van der Waals surface area contributed by atoms with Gasteiger partial charge in [0, 0.05) is 38.1 Å². The lowest BCUT2D eigenvalue weighted by Crippen LogP contribution is -2.54. The minimum Gasteiger partial charge on any atom is -0.493 e. The van der Waals surface area contributed by atoms with Gasteiger partial charge >= 0.3 is 0 Å². The van der Waals surface area contributed by atoms with Gasteiger partial charge in [-0.3, -0.25) is 4.90 Å². The number of benzene rings is 1. The summed E-state index contributed by atoms with van der Waals surface area (Å²) in [6.07, 6.45) is 2.40. The molecule has 1 saturated heterocycles. The number of hydrogen-bond donors (Lipinski definition) is 1. The molecule has 0 aromatic heterocycles. The summed E-state index contributed by atoms with van der Waals surface area (Å²) in [7, 11) is 0. The second kappa shape index (κ2) is 6.80. The van der Waals surface area contributed by atoms with E-state index in [9.17, 15) is 0 Å². The molecule has 0 spiro atoms. The van der Waals surface area contributed by atoms with E-state index in [1.165, 1.54) is 31.6 Å². The molecule has 2 aliphatic heterocycles. The average molecular weight is 288 g/mol. The SMILES string of the molecule is CCC(C)C1CN(CC2CCOc3ccccc32)CCN1. The highest BCUT2D eigenvalue weighted by atomic mass is 16.5. The molecule has 3 heteroatoms. The van der Waals surface area contributed by atoms with E-state index in [1.54, 1.807) is 0 Å². The van der Waals surface area contributed by atoms with Crippen molar-refractivity contribution in [2.45, 2.75) is 38.6 Å². The zero-order valence-electron chi connectivity index (χ0n) is 13.3. The molecule has 1 fully saturated rings. The van der Waals surface area contributed by atoms with E-state index in [2.05, 4.69) is 48.3 Å². The van der Waals surface area contributed by atoms with E-state index in [0.29, 0.717) is 12.0 Å². The molecule has 0 radical (unpaired) electrons. The van der Waals surface area contributed by atoms with Crippen LogP contribution in [0.4, 0.5) is 0 Å². The van der Waals surface area contributed by atoms with Gasteiger partial charge in [0.2, 0.25) is 0 Å². The van der Waals surface area contributed by atoms with Crippen molar-refractivity contribution >= 4 is 0 Å². The quantitative estimate of drug-likeness (QED) is 0.922. The van der Waals surface area contributed by atoms with Crippen LogP contribution in [0.15, 0.2) is 24.3 Å². The van der Waals surface area contributed by atoms with Gasteiger partial charge in [-0.05, 0) is 24.0 Å². The van der Waals surface area contributed by atoms with Gasteiger partial charge in [-0.25, -0.2) is 0 Å². The van der Waals surface area contributed by atoms with E-state index < -0.39 is 0 Å². The highest BCUT2D eigenvalue weighted by molar-refractivity contribution is 5.37. The van der Waals surface area contributed by atoms with Crippen molar-refractivity contribution in [2.24, 2.45) is 5.92 Å². The Morgan fingerprint density at radius 1 is 1.38 bits per heavy atom. The van der Waals surface area contributed by atoms with E-state index in [4.69, 9.17) is 4.74 Å². The molecule has 2 heterocycles. The van der Waals surface area contributed by atoms with Crippen molar-refractivity contribution in [3.8, 4) is 5.75 Å². The number of rotatable bonds is 4. The van der Waals surface area contributed by atoms with Crippen LogP contribution in [0, 0.1) is 5.92 Å². The number of fused-ring (bicyclic) bond motifs is 1. The molecule has 0 aliphatic carbocycles. The maximum Gasteiger partial charge on any atom is 0.122 e. The van der Waals surface area contributed by atoms with Crippen molar-refractivity contribution < 1.29 is 4.74 Å². The van der Waals surface area contributed by atoms with Gasteiger partial charge in [0.25, 0.3) is 0 Å². The van der Waals surface area contributed by atoms with Gasteiger partial charge in [-0.1, -0.05) is 38.5 Å². The molecule has 1 aromatic carbocycles. The Morgan fingerprint density at radius 2 is 2.24 bits per heavy atom. The van der Waals surface area contributed by atoms with Crippen LogP contribution in [0.25, 0.3) is 0 Å². The van der Waals surface area contributed by atoms with E-state index in [1.807, 2.05) is 0 Å². The van der Waals surface area contributed by atoms with Crippen LogP contribution in [0.5, 0.6) is 5.75 Å². The molecule has 3 atom stereocenters. The Balaban J connectivity index is 1.64. The number of piperazine rings is 1. The first-order valence-electron chi connectivity index (χ1n) is 8.45. The van der Waals surface area contributed by atoms with Gasteiger partial charge in [0.05, 0.1) is 6.61 Å². The Bertz CT molecular complexity index is 462. The molecule has 0 amide bonds. The van der Waals surface area contributed by atoms with Crippen LogP contribution >= 0.6 is 0 Å². The highest BCUT2D eigenvalue weighted by Gasteiger charge is 2.27. The molecular weight excluding hydrogens is 260 g/mol. The predicted octanol–water partition coefficient (Wildman–Crippen LogP) is 2.87. The van der Waals surface area contributed by atoms with E-state index in [-0.39, 0.29) is 0 Å². The second-order valence-corrected chi connectivity index (χ2v) is 6.58. The van der Waals surface area contributed by atoms with Crippen molar-refractivity contribution in [3.05, 3.63) is 29.8 Å². The molecule has 116 valence electrons. The van der Waals surface area contributed by atoms with Crippen LogP contribution in [-0.4, -0.2) is 43.7 Å². The summed E-state index contributed by atoms with van der Waals surface area (Å²) in [6.45, 7) is 10.2. The summed E-state index contributed by atoms with van der Waals surface area (Å²) in [4.78, 5) is 2.65. The predicted molar refractivity (Wildman–Crippen MR) is 87.0 cm³/mol. The summed E-state index contributed by atoms with van der Waals surface area (Å²) in [5, 5.41) is 3.69. The maximum atomic E-state index is 5.79. The molecule has 21 heavy (non-hydrogen) atoms. The standard InChI is InChI=1S/C18H28N2O/c1-3-14(2)17-13-20(10-9-19-17)12-15-8-11-21-18-7-5-4-6-16(15)18/h4-7,14-15,17,19H,3,8-13H2,1-2H3. The molecule has 1 aromatic rings. The first-order chi connectivity index (χ1) is 10.3. The molecule has 3 unspecified atom stereocenters. The number of nitrogens with one attached hydrogen (secondary N) is 1. The lowest BCUT2D eigenvalue weighted by molar-refractivity contribution is 0.148. The summed E-state index contributed by atoms with van der Waals surface area (Å²) in [5.74, 6) is 2.49. The van der Waals surface area contributed by atoms with Gasteiger partial charge < -0.3 is 10.1 Å². The monoisotopic (exact) mass is 288 g/mol. The number of ether oxygens (including phenoxy) is 1. The van der Waals surface area contributed by atoms with Crippen molar-refractivity contribution in [2.75, 3.05) is 32.8 Å². The zero-order valence-corrected chi connectivity index (χ0v) is 13.3. The molecule has 0 saturated carbocycles. The van der Waals surface area contributed by atoms with Crippen molar-refractivity contribution in [3.63, 3.8) is 0 Å². The topological polar surface area (TPSA) is 24.5 Å². The first-order valence-corrected chi connectivity index (χ1v) is 8.45. The number of para-hydroxylation sites is 1. The minimum atomic E-state index is 0.630. The van der Waals surface area contributed by atoms with Crippen LogP contribution in [-0.2, 0) is 0 Å². The van der Waals surface area contributed by atoms with Crippen molar-refractivity contribution in [1.29, 1.82) is 0 Å². The van der Waals surface area contributed by atoms with Crippen molar-refractivity contribution in [1.82, 2.24) is 10.2 Å². The zero-order chi connectivity index (χ0) is 14.7. The molecule has 3 nitrogen and oxygen atoms in total. The van der Waals surface area contributed by atoms with E-state index in [0.717, 1.165) is 31.2 Å². The molecule has 2 aliphatic rings. The van der Waals surface area contributed by atoms with Crippen LogP contribution in [0.2, 0.25) is 0 Å². The van der Waals surface area contributed by atoms with E-state index >= 15 is 0 Å². The summed E-state index contributed by atoms with van der Waals surface area (Å²) in [6, 6.07) is 9.22. The Labute approximate surface area is 128 Å². The van der Waals surface area contributed by atoms with Gasteiger partial charge in [0.1, 0.15) is 5.75 Å². The fourth-order valence-electron chi connectivity index (χ4n) is 3.59. The third-order valence-corrected chi connectivity index (χ3v) is 5.18. The molecule has 3 rings (SSSR count). The largest absolute Gasteiger partial charge is 0.493 e. The second-order valence-electron chi connectivity index (χ2n) is 6.58. The lowest BCUT2D eigenvalue weighted by Gasteiger charge is -2.39. The van der Waals surface area contributed by atoms with Crippen LogP contribution in [0.3, 0.4) is 0 Å².